The average molecular weight is 306 g/mol. The molecule has 21 heavy (non-hydrogen) atoms. The van der Waals surface area contributed by atoms with Gasteiger partial charge in [-0.25, -0.2) is 4.98 Å². The molecule has 0 aliphatic carbocycles. The highest BCUT2D eigenvalue weighted by molar-refractivity contribution is 6.30. The molecule has 1 aromatic heterocycles. The van der Waals surface area contributed by atoms with Crippen molar-refractivity contribution in [1.29, 1.82) is 0 Å². The van der Waals surface area contributed by atoms with Crippen LogP contribution in [-0.4, -0.2) is 16.6 Å². The number of aromatic nitrogens is 2. The molecule has 0 bridgehead atoms. The first-order chi connectivity index (χ1) is 10.1. The van der Waals surface area contributed by atoms with Crippen molar-refractivity contribution in [2.24, 2.45) is 0 Å². The van der Waals surface area contributed by atoms with Gasteiger partial charge < -0.3 is 14.6 Å². The van der Waals surface area contributed by atoms with Crippen LogP contribution < -0.4 is 10.1 Å². The van der Waals surface area contributed by atoms with Crippen molar-refractivity contribution in [1.82, 2.24) is 14.9 Å². The predicted molar refractivity (Wildman–Crippen MR) is 83.9 cm³/mol. The van der Waals surface area contributed by atoms with Gasteiger partial charge in [-0.2, -0.15) is 0 Å². The van der Waals surface area contributed by atoms with E-state index in [0.717, 1.165) is 28.5 Å². The first-order valence-corrected chi connectivity index (χ1v) is 7.63. The minimum absolute atomic E-state index is 0.000950. The fraction of sp³-hybridized carbons (Fsp3) is 0.438. The lowest BCUT2D eigenvalue weighted by atomic mass is 9.95. The van der Waals surface area contributed by atoms with E-state index in [4.69, 9.17) is 16.3 Å². The summed E-state index contributed by atoms with van der Waals surface area (Å²) in [5, 5.41) is 4.10. The standard InChI is InChI=1S/C16H20ClN3O/c1-10(2)20-9-19-8-14(20)16-7-13(18-3)12-6-11(17)4-5-15(12)21-16/h4-6,8-10,13,16,18H,7H2,1-3H3. The van der Waals surface area contributed by atoms with E-state index in [9.17, 15) is 0 Å². The molecule has 2 unspecified atom stereocenters. The zero-order valence-electron chi connectivity index (χ0n) is 12.5. The van der Waals surface area contributed by atoms with E-state index in [0.29, 0.717) is 6.04 Å². The van der Waals surface area contributed by atoms with Gasteiger partial charge in [-0.05, 0) is 39.1 Å². The second kappa shape index (κ2) is 5.70. The Morgan fingerprint density at radius 2 is 2.24 bits per heavy atom. The molecule has 1 aliphatic rings. The van der Waals surface area contributed by atoms with E-state index in [1.807, 2.05) is 37.8 Å². The van der Waals surface area contributed by atoms with Crippen LogP contribution in [0.15, 0.2) is 30.7 Å². The topological polar surface area (TPSA) is 39.1 Å². The molecule has 112 valence electrons. The Bertz CT molecular complexity index is 638. The summed E-state index contributed by atoms with van der Waals surface area (Å²) in [7, 11) is 1.97. The van der Waals surface area contributed by atoms with Gasteiger partial charge in [0.15, 0.2) is 0 Å². The minimum atomic E-state index is 0.000950. The van der Waals surface area contributed by atoms with Crippen LogP contribution >= 0.6 is 11.6 Å². The highest BCUT2D eigenvalue weighted by Crippen LogP contribution is 2.41. The van der Waals surface area contributed by atoms with Crippen LogP contribution in [0.25, 0.3) is 0 Å². The van der Waals surface area contributed by atoms with Crippen LogP contribution in [-0.2, 0) is 0 Å². The van der Waals surface area contributed by atoms with Crippen LogP contribution in [0.2, 0.25) is 5.02 Å². The van der Waals surface area contributed by atoms with Crippen LogP contribution in [0.5, 0.6) is 5.75 Å². The van der Waals surface area contributed by atoms with Gasteiger partial charge in [0.2, 0.25) is 0 Å². The van der Waals surface area contributed by atoms with Gasteiger partial charge in [-0.15, -0.1) is 0 Å². The minimum Gasteiger partial charge on any atom is -0.484 e. The third kappa shape index (κ3) is 2.65. The summed E-state index contributed by atoms with van der Waals surface area (Å²) >= 11 is 6.10. The largest absolute Gasteiger partial charge is 0.484 e. The predicted octanol–water partition coefficient (Wildman–Crippen LogP) is 3.90. The smallest absolute Gasteiger partial charge is 0.142 e. The van der Waals surface area contributed by atoms with Crippen molar-refractivity contribution >= 4 is 11.6 Å². The molecule has 5 heteroatoms. The molecule has 0 saturated heterocycles. The molecule has 2 heterocycles. The Morgan fingerprint density at radius 3 is 2.95 bits per heavy atom. The summed E-state index contributed by atoms with van der Waals surface area (Å²) in [5.74, 6) is 0.895. The van der Waals surface area contributed by atoms with Gasteiger partial charge >= 0.3 is 0 Å². The Morgan fingerprint density at radius 1 is 1.43 bits per heavy atom. The van der Waals surface area contributed by atoms with Crippen molar-refractivity contribution < 1.29 is 4.74 Å². The molecule has 0 saturated carbocycles. The van der Waals surface area contributed by atoms with E-state index in [1.54, 1.807) is 0 Å². The second-order valence-electron chi connectivity index (χ2n) is 5.69. The summed E-state index contributed by atoms with van der Waals surface area (Å²) in [4.78, 5) is 4.28. The highest BCUT2D eigenvalue weighted by atomic mass is 35.5. The van der Waals surface area contributed by atoms with Crippen LogP contribution in [0.4, 0.5) is 0 Å². The van der Waals surface area contributed by atoms with Gasteiger partial charge in [0.1, 0.15) is 11.9 Å². The third-order valence-electron chi connectivity index (χ3n) is 4.00. The summed E-state index contributed by atoms with van der Waals surface area (Å²) < 4.78 is 8.36. The molecule has 0 amide bonds. The lowest BCUT2D eigenvalue weighted by molar-refractivity contribution is 0.144. The fourth-order valence-corrected chi connectivity index (χ4v) is 3.07. The molecular weight excluding hydrogens is 286 g/mol. The molecular formula is C16H20ClN3O. The van der Waals surface area contributed by atoms with Crippen molar-refractivity contribution in [2.45, 2.75) is 38.5 Å². The lowest BCUT2D eigenvalue weighted by Gasteiger charge is -2.33. The first-order valence-electron chi connectivity index (χ1n) is 7.25. The number of ether oxygens (including phenoxy) is 1. The molecule has 0 fully saturated rings. The lowest BCUT2D eigenvalue weighted by Crippen LogP contribution is -2.28. The Kier molecular flexibility index (Phi) is 3.91. The third-order valence-corrected chi connectivity index (χ3v) is 4.23. The second-order valence-corrected chi connectivity index (χ2v) is 6.12. The van der Waals surface area contributed by atoms with Crippen LogP contribution in [0, 0.1) is 0 Å². The number of nitrogens with one attached hydrogen (secondary N) is 1. The van der Waals surface area contributed by atoms with Crippen LogP contribution in [0.1, 0.15) is 49.7 Å². The summed E-state index contributed by atoms with van der Waals surface area (Å²) in [5.41, 5.74) is 2.24. The zero-order valence-corrected chi connectivity index (χ0v) is 13.3. The normalized spacial score (nSPS) is 21.2. The molecule has 1 N–H and O–H groups in total. The van der Waals surface area contributed by atoms with E-state index in [2.05, 4.69) is 28.7 Å². The van der Waals surface area contributed by atoms with Crippen molar-refractivity contribution in [2.75, 3.05) is 7.05 Å². The van der Waals surface area contributed by atoms with Gasteiger partial charge in [0.05, 0.1) is 18.2 Å². The van der Waals surface area contributed by atoms with E-state index >= 15 is 0 Å². The van der Waals surface area contributed by atoms with Crippen molar-refractivity contribution in [3.8, 4) is 5.75 Å². The molecule has 0 radical (unpaired) electrons. The molecule has 0 spiro atoms. The number of rotatable bonds is 3. The molecule has 2 atom stereocenters. The summed E-state index contributed by atoms with van der Waals surface area (Å²) in [6, 6.07) is 6.40. The number of hydrogen-bond donors (Lipinski definition) is 1. The summed E-state index contributed by atoms with van der Waals surface area (Å²) in [6.45, 7) is 4.30. The van der Waals surface area contributed by atoms with Gasteiger partial charge in [0, 0.05) is 29.1 Å². The Balaban J connectivity index is 1.97. The monoisotopic (exact) mass is 305 g/mol. The van der Waals surface area contributed by atoms with E-state index < -0.39 is 0 Å². The molecule has 1 aromatic carbocycles. The fourth-order valence-electron chi connectivity index (χ4n) is 2.89. The number of nitrogens with zero attached hydrogens (tertiary/aromatic N) is 2. The Labute approximate surface area is 130 Å². The first kappa shape index (κ1) is 14.4. The number of benzene rings is 1. The van der Waals surface area contributed by atoms with Crippen molar-refractivity contribution in [3.05, 3.63) is 47.0 Å². The van der Waals surface area contributed by atoms with Gasteiger partial charge in [-0.3, -0.25) is 0 Å². The van der Waals surface area contributed by atoms with E-state index in [1.165, 1.54) is 0 Å². The Hall–Kier alpha value is -1.52. The van der Waals surface area contributed by atoms with Crippen LogP contribution in [0.3, 0.4) is 0 Å². The average Bonchev–Trinajstić information content (AvgIpc) is 2.95. The van der Waals surface area contributed by atoms with E-state index in [-0.39, 0.29) is 12.1 Å². The maximum absolute atomic E-state index is 6.19. The molecule has 2 aromatic rings. The highest BCUT2D eigenvalue weighted by Gasteiger charge is 2.30. The van der Waals surface area contributed by atoms with Gasteiger partial charge in [-0.1, -0.05) is 11.6 Å². The van der Waals surface area contributed by atoms with Gasteiger partial charge in [0.25, 0.3) is 0 Å². The molecule has 3 rings (SSSR count). The zero-order chi connectivity index (χ0) is 15.0. The molecule has 1 aliphatic heterocycles. The van der Waals surface area contributed by atoms with Crippen molar-refractivity contribution in [3.63, 3.8) is 0 Å². The summed E-state index contributed by atoms with van der Waals surface area (Å²) in [6.07, 6.45) is 4.64. The quantitative estimate of drug-likeness (QED) is 0.934. The number of halogens is 1. The molecule has 4 nitrogen and oxygen atoms in total. The SMILES string of the molecule is CNC1CC(c2cncn2C(C)C)Oc2ccc(Cl)cc21. The number of imidazole rings is 1. The maximum atomic E-state index is 6.19. The number of fused-ring (bicyclic) bond motifs is 1. The maximum Gasteiger partial charge on any atom is 0.142 e. The number of hydrogen-bond acceptors (Lipinski definition) is 3.